The Kier molecular flexibility index (Phi) is 5.27. The fourth-order valence-electron chi connectivity index (χ4n) is 4.04. The highest BCUT2D eigenvalue weighted by Crippen LogP contribution is 2.34. The molecule has 0 unspecified atom stereocenters. The van der Waals surface area contributed by atoms with Gasteiger partial charge in [-0.2, -0.15) is 5.10 Å². The zero-order valence-electron chi connectivity index (χ0n) is 19.0. The Balaban J connectivity index is 1.39. The predicted molar refractivity (Wildman–Crippen MR) is 133 cm³/mol. The molecule has 0 bridgehead atoms. The fourth-order valence-corrected chi connectivity index (χ4v) is 4.89. The number of aromatic amines is 1. The van der Waals surface area contributed by atoms with Gasteiger partial charge in [-0.3, -0.25) is 0 Å². The highest BCUT2D eigenvalue weighted by atomic mass is 32.1. The van der Waals surface area contributed by atoms with Crippen LogP contribution in [0.3, 0.4) is 0 Å². The number of aryl methyl sites for hydroxylation is 2. The lowest BCUT2D eigenvalue weighted by Crippen LogP contribution is -2.00. The number of hydrogen-bond donors (Lipinski definition) is 1. The zero-order chi connectivity index (χ0) is 23.8. The normalized spacial score (nSPS) is 11.3. The summed E-state index contributed by atoms with van der Waals surface area (Å²) in [5, 5.41) is 19.9. The molecule has 4 aromatic heterocycles. The fraction of sp³-hybridized carbons (Fsp3) is 0.120. The molecular weight excluding hydrogens is 460 g/mol. The van der Waals surface area contributed by atoms with E-state index in [9.17, 15) is 0 Å². The highest BCUT2D eigenvalue weighted by molar-refractivity contribution is 7.11. The maximum atomic E-state index is 6.02. The van der Waals surface area contributed by atoms with Gasteiger partial charge in [-0.15, -0.1) is 16.4 Å². The Morgan fingerprint density at radius 3 is 2.49 bits per heavy atom. The minimum atomic E-state index is 0.506. The van der Waals surface area contributed by atoms with Crippen molar-refractivity contribution in [2.24, 2.45) is 0 Å². The first-order valence-electron chi connectivity index (χ1n) is 11.0. The van der Waals surface area contributed by atoms with Gasteiger partial charge >= 0.3 is 0 Å². The van der Waals surface area contributed by atoms with Crippen molar-refractivity contribution in [3.05, 3.63) is 82.6 Å². The van der Waals surface area contributed by atoms with Crippen LogP contribution in [0.1, 0.15) is 15.6 Å². The molecule has 0 aliphatic heterocycles. The minimum absolute atomic E-state index is 0.506. The van der Waals surface area contributed by atoms with E-state index in [4.69, 9.17) is 9.72 Å². The maximum absolute atomic E-state index is 6.02. The molecule has 0 saturated carbocycles. The summed E-state index contributed by atoms with van der Waals surface area (Å²) >= 11 is 1.67. The molecule has 10 heteroatoms. The highest BCUT2D eigenvalue weighted by Gasteiger charge is 2.18. The number of nitrogens with one attached hydrogen (secondary N) is 1. The van der Waals surface area contributed by atoms with Gasteiger partial charge in [0.05, 0.1) is 33.0 Å². The molecule has 0 aliphatic rings. The van der Waals surface area contributed by atoms with Crippen molar-refractivity contribution in [2.45, 2.75) is 20.5 Å². The predicted octanol–water partition coefficient (Wildman–Crippen LogP) is 4.90. The Hall–Kier alpha value is -4.44. The number of ether oxygens (including phenoxy) is 1. The van der Waals surface area contributed by atoms with E-state index in [1.54, 1.807) is 17.5 Å². The van der Waals surface area contributed by atoms with E-state index in [-0.39, 0.29) is 0 Å². The summed E-state index contributed by atoms with van der Waals surface area (Å²) < 4.78 is 7.86. The molecule has 1 N–H and O–H groups in total. The summed E-state index contributed by atoms with van der Waals surface area (Å²) in [6, 6.07) is 18.2. The zero-order valence-corrected chi connectivity index (χ0v) is 19.8. The average Bonchev–Trinajstić information content (AvgIpc) is 3.63. The lowest BCUT2D eigenvalue weighted by atomic mass is 10.0. The van der Waals surface area contributed by atoms with E-state index in [1.165, 1.54) is 0 Å². The van der Waals surface area contributed by atoms with Crippen molar-refractivity contribution in [3.63, 3.8) is 0 Å². The summed E-state index contributed by atoms with van der Waals surface area (Å²) in [7, 11) is 0. The van der Waals surface area contributed by atoms with Gasteiger partial charge in [-0.1, -0.05) is 42.5 Å². The summed E-state index contributed by atoms with van der Waals surface area (Å²) in [6.45, 7) is 4.53. The molecule has 2 aromatic carbocycles. The van der Waals surface area contributed by atoms with Crippen LogP contribution in [0.4, 0.5) is 0 Å². The van der Waals surface area contributed by atoms with Gasteiger partial charge in [0.1, 0.15) is 12.4 Å². The number of rotatable bonds is 6. The third-order valence-electron chi connectivity index (χ3n) is 5.71. The van der Waals surface area contributed by atoms with Crippen LogP contribution in [-0.4, -0.2) is 40.2 Å². The average molecular weight is 481 g/mol. The number of fused-ring (bicyclic) bond motifs is 1. The topological polar surface area (TPSA) is 107 Å². The van der Waals surface area contributed by atoms with Crippen LogP contribution in [0.25, 0.3) is 39.4 Å². The van der Waals surface area contributed by atoms with E-state index < -0.39 is 0 Å². The minimum Gasteiger partial charge on any atom is -0.488 e. The number of tetrazole rings is 1. The standard InChI is InChI=1S/C25H20N8OS/c1-15-22(35-16(2)28-15)14-34-19-10-8-17(9-11-19)20-12-26-25-21(24-29-31-32-30-24)13-27-33(25)23(20)18-6-4-3-5-7-18/h3-13H,14H2,1-2H3,(H,29,30,31,32). The van der Waals surface area contributed by atoms with E-state index in [2.05, 4.69) is 42.8 Å². The van der Waals surface area contributed by atoms with Crippen molar-refractivity contribution in [2.75, 3.05) is 0 Å². The molecule has 0 radical (unpaired) electrons. The first-order valence-corrected chi connectivity index (χ1v) is 11.8. The lowest BCUT2D eigenvalue weighted by molar-refractivity contribution is 0.309. The van der Waals surface area contributed by atoms with Crippen LogP contribution in [0.5, 0.6) is 5.75 Å². The van der Waals surface area contributed by atoms with Gasteiger partial charge in [0.2, 0.25) is 0 Å². The largest absolute Gasteiger partial charge is 0.488 e. The Bertz CT molecular complexity index is 1610. The van der Waals surface area contributed by atoms with Crippen molar-refractivity contribution < 1.29 is 4.74 Å². The second kappa shape index (κ2) is 8.73. The van der Waals surface area contributed by atoms with E-state index >= 15 is 0 Å². The van der Waals surface area contributed by atoms with Crippen molar-refractivity contribution in [3.8, 4) is 39.5 Å². The van der Waals surface area contributed by atoms with Crippen LogP contribution in [0.15, 0.2) is 67.0 Å². The van der Waals surface area contributed by atoms with Crippen LogP contribution < -0.4 is 4.74 Å². The third kappa shape index (κ3) is 3.93. The number of hydrogen-bond acceptors (Lipinski definition) is 8. The molecule has 0 amide bonds. The first kappa shape index (κ1) is 21.1. The van der Waals surface area contributed by atoms with Crippen LogP contribution in [0, 0.1) is 13.8 Å². The van der Waals surface area contributed by atoms with Crippen LogP contribution in [-0.2, 0) is 6.61 Å². The molecule has 6 rings (SSSR count). The number of benzene rings is 2. The molecule has 0 spiro atoms. The summed E-state index contributed by atoms with van der Waals surface area (Å²) in [5.41, 5.74) is 6.34. The monoisotopic (exact) mass is 480 g/mol. The van der Waals surface area contributed by atoms with Gasteiger partial charge in [-0.05, 0) is 42.0 Å². The number of aromatic nitrogens is 8. The second-order valence-corrected chi connectivity index (χ2v) is 9.27. The molecule has 9 nitrogen and oxygen atoms in total. The molecule has 0 aliphatic carbocycles. The van der Waals surface area contributed by atoms with E-state index in [1.807, 2.05) is 67.0 Å². The smallest absolute Gasteiger partial charge is 0.184 e. The molecular formula is C25H20N8OS. The molecule has 172 valence electrons. The maximum Gasteiger partial charge on any atom is 0.184 e. The van der Waals surface area contributed by atoms with Crippen molar-refractivity contribution >= 4 is 17.0 Å². The lowest BCUT2D eigenvalue weighted by Gasteiger charge is -2.13. The Morgan fingerprint density at radius 1 is 0.943 bits per heavy atom. The summed E-state index contributed by atoms with van der Waals surface area (Å²) in [5.74, 6) is 1.32. The summed E-state index contributed by atoms with van der Waals surface area (Å²) in [6.07, 6.45) is 3.59. The molecule has 0 fully saturated rings. The second-order valence-electron chi connectivity index (χ2n) is 7.98. The van der Waals surface area contributed by atoms with Crippen LogP contribution >= 0.6 is 11.3 Å². The quantitative estimate of drug-likeness (QED) is 0.361. The first-order chi connectivity index (χ1) is 17.2. The van der Waals surface area contributed by atoms with Gasteiger partial charge < -0.3 is 4.74 Å². The molecule has 0 atom stereocenters. The third-order valence-corrected chi connectivity index (χ3v) is 6.76. The van der Waals surface area contributed by atoms with E-state index in [0.29, 0.717) is 18.1 Å². The molecule has 0 saturated heterocycles. The van der Waals surface area contributed by atoms with Gasteiger partial charge in [0, 0.05) is 17.3 Å². The van der Waals surface area contributed by atoms with Crippen molar-refractivity contribution in [1.82, 2.24) is 40.2 Å². The van der Waals surface area contributed by atoms with Crippen LogP contribution in [0.2, 0.25) is 0 Å². The SMILES string of the molecule is Cc1nc(C)c(COc2ccc(-c3cnc4c(-c5nnn[nH]5)cnn4c3-c3ccccc3)cc2)s1. The van der Waals surface area contributed by atoms with Gasteiger partial charge in [0.15, 0.2) is 11.5 Å². The van der Waals surface area contributed by atoms with Crippen molar-refractivity contribution in [1.29, 1.82) is 0 Å². The molecule has 6 aromatic rings. The molecule has 35 heavy (non-hydrogen) atoms. The van der Waals surface area contributed by atoms with E-state index in [0.717, 1.165) is 49.3 Å². The Morgan fingerprint density at radius 2 is 1.77 bits per heavy atom. The Labute approximate surface area is 204 Å². The number of nitrogens with zero attached hydrogens (tertiary/aromatic N) is 7. The number of thiazole rings is 1. The molecule has 4 heterocycles. The van der Waals surface area contributed by atoms with Gasteiger partial charge in [0.25, 0.3) is 0 Å². The number of H-pyrrole nitrogens is 1. The summed E-state index contributed by atoms with van der Waals surface area (Å²) in [4.78, 5) is 10.3. The van der Waals surface area contributed by atoms with Gasteiger partial charge in [-0.25, -0.2) is 19.6 Å².